The zero-order chi connectivity index (χ0) is 14.7. The number of furan rings is 1. The first-order valence-electron chi connectivity index (χ1n) is 6.94. The average Bonchev–Trinajstić information content (AvgIpc) is 3.12. The first-order chi connectivity index (χ1) is 10.3. The molecule has 0 saturated carbocycles. The maximum Gasteiger partial charge on any atom is 0.234 e. The molecule has 1 aliphatic heterocycles. The SMILES string of the molecule is CCOc1ccc(C2SCC(=O)N2Cc2ccco2)cc1. The number of hydrogen-bond acceptors (Lipinski definition) is 4. The van der Waals surface area contributed by atoms with Gasteiger partial charge in [-0.25, -0.2) is 0 Å². The number of ether oxygens (including phenoxy) is 1. The van der Waals surface area contributed by atoms with Crippen LogP contribution in [0.5, 0.6) is 5.75 Å². The van der Waals surface area contributed by atoms with E-state index in [4.69, 9.17) is 9.15 Å². The molecule has 1 amide bonds. The van der Waals surface area contributed by atoms with Crippen molar-refractivity contribution in [3.8, 4) is 5.75 Å². The molecule has 0 bridgehead atoms. The van der Waals surface area contributed by atoms with Crippen LogP contribution in [0.4, 0.5) is 0 Å². The molecule has 0 spiro atoms. The number of rotatable bonds is 5. The van der Waals surface area contributed by atoms with E-state index in [2.05, 4.69) is 0 Å². The minimum atomic E-state index is 0.0401. The molecule has 1 fully saturated rings. The number of nitrogens with zero attached hydrogens (tertiary/aromatic N) is 1. The van der Waals surface area contributed by atoms with Crippen molar-refractivity contribution in [1.82, 2.24) is 4.90 Å². The molecule has 2 aromatic rings. The van der Waals surface area contributed by atoms with E-state index in [9.17, 15) is 4.79 Å². The van der Waals surface area contributed by atoms with Crippen LogP contribution < -0.4 is 4.74 Å². The van der Waals surface area contributed by atoms with Crippen molar-refractivity contribution < 1.29 is 13.9 Å². The summed E-state index contributed by atoms with van der Waals surface area (Å²) >= 11 is 1.65. The van der Waals surface area contributed by atoms with Crippen molar-refractivity contribution in [3.63, 3.8) is 0 Å². The van der Waals surface area contributed by atoms with Gasteiger partial charge in [0.25, 0.3) is 0 Å². The molecule has 1 unspecified atom stereocenters. The first-order valence-corrected chi connectivity index (χ1v) is 7.99. The van der Waals surface area contributed by atoms with E-state index in [-0.39, 0.29) is 11.3 Å². The summed E-state index contributed by atoms with van der Waals surface area (Å²) in [6.07, 6.45) is 1.63. The van der Waals surface area contributed by atoms with Gasteiger partial charge in [-0.05, 0) is 36.8 Å². The fourth-order valence-electron chi connectivity index (χ4n) is 2.37. The summed E-state index contributed by atoms with van der Waals surface area (Å²) in [5.41, 5.74) is 1.11. The zero-order valence-corrected chi connectivity index (χ0v) is 12.6. The third-order valence-electron chi connectivity index (χ3n) is 3.35. The van der Waals surface area contributed by atoms with E-state index in [1.54, 1.807) is 18.0 Å². The van der Waals surface area contributed by atoms with Gasteiger partial charge in [0.1, 0.15) is 16.9 Å². The van der Waals surface area contributed by atoms with Crippen LogP contribution in [0.1, 0.15) is 23.6 Å². The number of carbonyl (C=O) groups excluding carboxylic acids is 1. The average molecular weight is 303 g/mol. The molecule has 2 heterocycles. The molecule has 1 aliphatic rings. The van der Waals surface area contributed by atoms with Gasteiger partial charge >= 0.3 is 0 Å². The van der Waals surface area contributed by atoms with Gasteiger partial charge in [-0.3, -0.25) is 4.79 Å². The van der Waals surface area contributed by atoms with Crippen LogP contribution in [0, 0.1) is 0 Å². The highest BCUT2D eigenvalue weighted by Crippen LogP contribution is 2.39. The fraction of sp³-hybridized carbons (Fsp3) is 0.312. The zero-order valence-electron chi connectivity index (χ0n) is 11.8. The predicted molar refractivity (Wildman–Crippen MR) is 82.1 cm³/mol. The summed E-state index contributed by atoms with van der Waals surface area (Å²) in [6, 6.07) is 11.7. The number of benzene rings is 1. The largest absolute Gasteiger partial charge is 0.494 e. The van der Waals surface area contributed by atoms with Crippen LogP contribution in [0.2, 0.25) is 0 Å². The van der Waals surface area contributed by atoms with Gasteiger partial charge in [-0.2, -0.15) is 0 Å². The Morgan fingerprint density at radius 2 is 2.14 bits per heavy atom. The van der Waals surface area contributed by atoms with Crippen LogP contribution in [-0.2, 0) is 11.3 Å². The number of amides is 1. The minimum absolute atomic E-state index is 0.0401. The van der Waals surface area contributed by atoms with E-state index >= 15 is 0 Å². The molecule has 5 heteroatoms. The second-order valence-electron chi connectivity index (χ2n) is 4.77. The molecular weight excluding hydrogens is 286 g/mol. The molecule has 1 atom stereocenters. The molecule has 1 aromatic carbocycles. The Hall–Kier alpha value is -1.88. The van der Waals surface area contributed by atoms with Crippen molar-refractivity contribution in [1.29, 1.82) is 0 Å². The first kappa shape index (κ1) is 14.1. The Kier molecular flexibility index (Phi) is 4.20. The molecular formula is C16H17NO3S. The normalized spacial score (nSPS) is 18.2. The molecule has 1 aromatic heterocycles. The third-order valence-corrected chi connectivity index (χ3v) is 4.61. The summed E-state index contributed by atoms with van der Waals surface area (Å²) in [5, 5.41) is 0.0401. The number of carbonyl (C=O) groups is 1. The summed E-state index contributed by atoms with van der Waals surface area (Å²) < 4.78 is 10.8. The molecule has 21 heavy (non-hydrogen) atoms. The van der Waals surface area contributed by atoms with E-state index in [0.717, 1.165) is 17.1 Å². The van der Waals surface area contributed by atoms with Crippen LogP contribution in [0.25, 0.3) is 0 Å². The van der Waals surface area contributed by atoms with Crippen molar-refractivity contribution in [2.24, 2.45) is 0 Å². The van der Waals surface area contributed by atoms with E-state index < -0.39 is 0 Å². The van der Waals surface area contributed by atoms with Crippen molar-refractivity contribution in [3.05, 3.63) is 54.0 Å². The Balaban J connectivity index is 1.77. The molecule has 110 valence electrons. The summed E-state index contributed by atoms with van der Waals surface area (Å²) in [5.74, 6) is 2.32. The van der Waals surface area contributed by atoms with Crippen LogP contribution >= 0.6 is 11.8 Å². The maximum atomic E-state index is 12.1. The second-order valence-corrected chi connectivity index (χ2v) is 5.83. The lowest BCUT2D eigenvalue weighted by molar-refractivity contribution is -0.128. The highest BCUT2D eigenvalue weighted by Gasteiger charge is 2.33. The third kappa shape index (κ3) is 3.08. The van der Waals surface area contributed by atoms with Crippen molar-refractivity contribution in [2.45, 2.75) is 18.8 Å². The Bertz CT molecular complexity index is 594. The van der Waals surface area contributed by atoms with Crippen molar-refractivity contribution >= 4 is 17.7 Å². The molecule has 0 aliphatic carbocycles. The monoisotopic (exact) mass is 303 g/mol. The smallest absolute Gasteiger partial charge is 0.234 e. The van der Waals surface area contributed by atoms with Gasteiger partial charge < -0.3 is 14.1 Å². The van der Waals surface area contributed by atoms with Crippen molar-refractivity contribution in [2.75, 3.05) is 12.4 Å². The lowest BCUT2D eigenvalue weighted by Crippen LogP contribution is -2.27. The topological polar surface area (TPSA) is 42.7 Å². The van der Waals surface area contributed by atoms with Gasteiger partial charge in [-0.15, -0.1) is 11.8 Å². The lowest BCUT2D eigenvalue weighted by Gasteiger charge is -2.23. The predicted octanol–water partition coefficient (Wildman–Crippen LogP) is 3.45. The highest BCUT2D eigenvalue weighted by atomic mass is 32.2. The maximum absolute atomic E-state index is 12.1. The van der Waals surface area contributed by atoms with E-state index in [1.165, 1.54) is 0 Å². The highest BCUT2D eigenvalue weighted by molar-refractivity contribution is 8.00. The molecule has 0 radical (unpaired) electrons. The Labute approximate surface area is 128 Å². The molecule has 1 saturated heterocycles. The summed E-state index contributed by atoms with van der Waals surface area (Å²) in [7, 11) is 0. The van der Waals surface area contributed by atoms with E-state index in [1.807, 2.05) is 48.2 Å². The van der Waals surface area contributed by atoms with E-state index in [0.29, 0.717) is 18.9 Å². The fourth-order valence-corrected chi connectivity index (χ4v) is 3.55. The van der Waals surface area contributed by atoms with Gasteiger partial charge in [0.05, 0.1) is 25.2 Å². The van der Waals surface area contributed by atoms with Gasteiger partial charge in [0, 0.05) is 0 Å². The Morgan fingerprint density at radius 1 is 1.33 bits per heavy atom. The minimum Gasteiger partial charge on any atom is -0.494 e. The second kappa shape index (κ2) is 6.26. The number of hydrogen-bond donors (Lipinski definition) is 0. The summed E-state index contributed by atoms with van der Waals surface area (Å²) in [6.45, 7) is 3.13. The quantitative estimate of drug-likeness (QED) is 0.848. The standard InChI is InChI=1S/C16H17NO3S/c1-2-19-13-7-5-12(6-8-13)16-17(15(18)11-21-16)10-14-4-3-9-20-14/h3-9,16H,2,10-11H2,1H3. The number of thioether (sulfide) groups is 1. The Morgan fingerprint density at radius 3 is 2.81 bits per heavy atom. The molecule has 4 nitrogen and oxygen atoms in total. The lowest BCUT2D eigenvalue weighted by atomic mass is 10.2. The summed E-state index contributed by atoms with van der Waals surface area (Å²) in [4.78, 5) is 14.0. The van der Waals surface area contributed by atoms with Gasteiger partial charge in [-0.1, -0.05) is 12.1 Å². The van der Waals surface area contributed by atoms with Gasteiger partial charge in [0.15, 0.2) is 0 Å². The molecule has 0 N–H and O–H groups in total. The van der Waals surface area contributed by atoms with Crippen LogP contribution in [0.3, 0.4) is 0 Å². The van der Waals surface area contributed by atoms with Crippen LogP contribution in [0.15, 0.2) is 47.1 Å². The van der Waals surface area contributed by atoms with Gasteiger partial charge in [0.2, 0.25) is 5.91 Å². The molecule has 3 rings (SSSR count). The van der Waals surface area contributed by atoms with Crippen LogP contribution in [-0.4, -0.2) is 23.2 Å².